The molecule has 3 aromatic rings. The summed E-state index contributed by atoms with van der Waals surface area (Å²) in [6.45, 7) is 4.02. The summed E-state index contributed by atoms with van der Waals surface area (Å²) in [5.41, 5.74) is 1.21. The maximum Gasteiger partial charge on any atom is 0.256 e. The van der Waals surface area contributed by atoms with Gasteiger partial charge in [0.25, 0.3) is 5.91 Å². The zero-order chi connectivity index (χ0) is 18.7. The van der Waals surface area contributed by atoms with Gasteiger partial charge in [-0.1, -0.05) is 23.2 Å². The number of nitrogens with zero attached hydrogens (tertiary/aromatic N) is 4. The third kappa shape index (κ3) is 4.20. The topological polar surface area (TPSA) is 72.1 Å². The molecule has 26 heavy (non-hydrogen) atoms. The quantitative estimate of drug-likeness (QED) is 0.600. The fourth-order valence-corrected chi connectivity index (χ4v) is 2.57. The highest BCUT2D eigenvalue weighted by atomic mass is 35.5. The molecule has 0 unspecified atom stereocenters. The SMILES string of the molecule is CC(C)N(Cc1nnc(-c2ccc(Cl)cc2)o1)C(=O)c1ccc(Cl)nc1. The Labute approximate surface area is 160 Å². The van der Waals surface area contributed by atoms with Crippen LogP contribution in [0.4, 0.5) is 0 Å². The lowest BCUT2D eigenvalue weighted by Gasteiger charge is -2.25. The van der Waals surface area contributed by atoms with E-state index in [4.69, 9.17) is 27.6 Å². The normalized spacial score (nSPS) is 11.0. The minimum absolute atomic E-state index is 0.0657. The number of hydrogen-bond donors (Lipinski definition) is 0. The molecule has 2 heterocycles. The van der Waals surface area contributed by atoms with Gasteiger partial charge in [-0.05, 0) is 50.2 Å². The average molecular weight is 391 g/mol. The molecule has 8 heteroatoms. The lowest BCUT2D eigenvalue weighted by molar-refractivity contribution is 0.0672. The Kier molecular flexibility index (Phi) is 5.54. The van der Waals surface area contributed by atoms with Crippen molar-refractivity contribution in [2.75, 3.05) is 0 Å². The Hall–Kier alpha value is -2.44. The molecule has 0 aliphatic carbocycles. The summed E-state index contributed by atoms with van der Waals surface area (Å²) >= 11 is 11.7. The van der Waals surface area contributed by atoms with Gasteiger partial charge in [-0.25, -0.2) is 4.98 Å². The average Bonchev–Trinajstić information content (AvgIpc) is 3.09. The van der Waals surface area contributed by atoms with Crippen molar-refractivity contribution in [3.05, 3.63) is 64.2 Å². The molecule has 0 saturated heterocycles. The van der Waals surface area contributed by atoms with Crippen molar-refractivity contribution in [2.45, 2.75) is 26.4 Å². The summed E-state index contributed by atoms with van der Waals surface area (Å²) in [7, 11) is 0. The fourth-order valence-electron chi connectivity index (χ4n) is 2.33. The number of pyridine rings is 1. The number of halogens is 2. The van der Waals surface area contributed by atoms with Crippen LogP contribution in [-0.2, 0) is 6.54 Å². The van der Waals surface area contributed by atoms with Crippen LogP contribution in [0.1, 0.15) is 30.1 Å². The van der Waals surface area contributed by atoms with Gasteiger partial charge in [-0.3, -0.25) is 4.79 Å². The molecule has 0 aliphatic rings. The molecule has 0 saturated carbocycles. The predicted molar refractivity (Wildman–Crippen MR) is 99.0 cm³/mol. The first kappa shape index (κ1) is 18.4. The van der Waals surface area contributed by atoms with Crippen LogP contribution in [-0.4, -0.2) is 32.0 Å². The van der Waals surface area contributed by atoms with E-state index in [0.717, 1.165) is 5.56 Å². The van der Waals surface area contributed by atoms with Crippen molar-refractivity contribution in [3.8, 4) is 11.5 Å². The second-order valence-corrected chi connectivity index (χ2v) is 6.73. The molecule has 0 fully saturated rings. The van der Waals surface area contributed by atoms with Crippen molar-refractivity contribution < 1.29 is 9.21 Å². The Morgan fingerprint density at radius 2 is 1.85 bits per heavy atom. The first-order valence-corrected chi connectivity index (χ1v) is 8.70. The van der Waals surface area contributed by atoms with Gasteiger partial charge in [0.1, 0.15) is 5.15 Å². The van der Waals surface area contributed by atoms with Gasteiger partial charge in [-0.15, -0.1) is 10.2 Å². The van der Waals surface area contributed by atoms with Gasteiger partial charge in [0.2, 0.25) is 11.8 Å². The Balaban J connectivity index is 1.79. The molecule has 0 atom stereocenters. The number of amides is 1. The maximum atomic E-state index is 12.8. The van der Waals surface area contributed by atoms with Gasteiger partial charge in [-0.2, -0.15) is 0 Å². The van der Waals surface area contributed by atoms with E-state index in [9.17, 15) is 4.79 Å². The maximum absolute atomic E-state index is 12.8. The lowest BCUT2D eigenvalue weighted by Crippen LogP contribution is -2.36. The largest absolute Gasteiger partial charge is 0.419 e. The van der Waals surface area contributed by atoms with Gasteiger partial charge >= 0.3 is 0 Å². The third-order valence-corrected chi connectivity index (χ3v) is 4.20. The molecule has 0 spiro atoms. The molecule has 2 aromatic heterocycles. The number of hydrogen-bond acceptors (Lipinski definition) is 5. The predicted octanol–water partition coefficient (Wildman–Crippen LogP) is 4.49. The Morgan fingerprint density at radius 1 is 1.12 bits per heavy atom. The Bertz CT molecular complexity index is 892. The summed E-state index contributed by atoms with van der Waals surface area (Å²) in [5, 5.41) is 9.05. The number of aromatic nitrogens is 3. The molecule has 3 rings (SSSR count). The summed E-state index contributed by atoms with van der Waals surface area (Å²) in [6, 6.07) is 10.2. The first-order chi connectivity index (χ1) is 12.4. The van der Waals surface area contributed by atoms with Gasteiger partial charge in [0, 0.05) is 22.8 Å². The van der Waals surface area contributed by atoms with Gasteiger partial charge < -0.3 is 9.32 Å². The van der Waals surface area contributed by atoms with Crippen molar-refractivity contribution in [1.82, 2.24) is 20.1 Å². The third-order valence-electron chi connectivity index (χ3n) is 3.72. The van der Waals surface area contributed by atoms with Crippen LogP contribution in [0.5, 0.6) is 0 Å². The highest BCUT2D eigenvalue weighted by molar-refractivity contribution is 6.30. The molecule has 0 bridgehead atoms. The van der Waals surface area contributed by atoms with Crippen LogP contribution in [0.15, 0.2) is 47.0 Å². The van der Waals surface area contributed by atoms with E-state index >= 15 is 0 Å². The second kappa shape index (κ2) is 7.85. The van der Waals surface area contributed by atoms with Crippen molar-refractivity contribution >= 4 is 29.1 Å². The minimum Gasteiger partial charge on any atom is -0.419 e. The van der Waals surface area contributed by atoms with Crippen LogP contribution < -0.4 is 0 Å². The highest BCUT2D eigenvalue weighted by Crippen LogP contribution is 2.21. The van der Waals surface area contributed by atoms with Crippen molar-refractivity contribution in [2.24, 2.45) is 0 Å². The smallest absolute Gasteiger partial charge is 0.256 e. The molecular formula is C18H16Cl2N4O2. The number of carbonyl (C=O) groups excluding carboxylic acids is 1. The van der Waals surface area contributed by atoms with Crippen LogP contribution in [0.3, 0.4) is 0 Å². The monoisotopic (exact) mass is 390 g/mol. The van der Waals surface area contributed by atoms with E-state index in [2.05, 4.69) is 15.2 Å². The van der Waals surface area contributed by atoms with Crippen LogP contribution in [0.2, 0.25) is 10.2 Å². The molecule has 134 valence electrons. The molecule has 1 aromatic carbocycles. The summed E-state index contributed by atoms with van der Waals surface area (Å²) in [6.07, 6.45) is 1.45. The van der Waals surface area contributed by atoms with Crippen LogP contribution in [0, 0.1) is 0 Å². The number of benzene rings is 1. The number of rotatable bonds is 5. The molecular weight excluding hydrogens is 375 g/mol. The van der Waals surface area contributed by atoms with E-state index in [0.29, 0.717) is 27.5 Å². The molecule has 6 nitrogen and oxygen atoms in total. The minimum atomic E-state index is -0.185. The lowest BCUT2D eigenvalue weighted by atomic mass is 10.2. The van der Waals surface area contributed by atoms with E-state index in [1.807, 2.05) is 13.8 Å². The van der Waals surface area contributed by atoms with E-state index in [1.54, 1.807) is 41.3 Å². The van der Waals surface area contributed by atoms with Gasteiger partial charge in [0.05, 0.1) is 12.1 Å². The number of carbonyl (C=O) groups is 1. The summed E-state index contributed by atoms with van der Waals surface area (Å²) in [5.74, 6) is 0.537. The molecule has 0 N–H and O–H groups in total. The molecule has 0 aliphatic heterocycles. The zero-order valence-corrected chi connectivity index (χ0v) is 15.7. The van der Waals surface area contributed by atoms with E-state index < -0.39 is 0 Å². The highest BCUT2D eigenvalue weighted by Gasteiger charge is 2.22. The summed E-state index contributed by atoms with van der Waals surface area (Å²) in [4.78, 5) is 18.3. The fraction of sp³-hybridized carbons (Fsp3) is 0.222. The van der Waals surface area contributed by atoms with Gasteiger partial charge in [0.15, 0.2) is 0 Å². The van der Waals surface area contributed by atoms with Crippen LogP contribution >= 0.6 is 23.2 Å². The van der Waals surface area contributed by atoms with Crippen LogP contribution in [0.25, 0.3) is 11.5 Å². The molecule has 0 radical (unpaired) electrons. The molecule has 1 amide bonds. The zero-order valence-electron chi connectivity index (χ0n) is 14.2. The first-order valence-electron chi connectivity index (χ1n) is 7.95. The standard InChI is InChI=1S/C18H16Cl2N4O2/c1-11(2)24(18(25)13-5-8-15(20)21-9-13)10-16-22-23-17(26-16)12-3-6-14(19)7-4-12/h3-9,11H,10H2,1-2H3. The second-order valence-electron chi connectivity index (χ2n) is 5.90. The summed E-state index contributed by atoms with van der Waals surface area (Å²) < 4.78 is 5.70. The van der Waals surface area contributed by atoms with Crippen molar-refractivity contribution in [3.63, 3.8) is 0 Å². The Morgan fingerprint density at radius 3 is 2.46 bits per heavy atom. The van der Waals surface area contributed by atoms with Crippen molar-refractivity contribution in [1.29, 1.82) is 0 Å². The van der Waals surface area contributed by atoms with E-state index in [1.165, 1.54) is 6.20 Å². The van der Waals surface area contributed by atoms with E-state index in [-0.39, 0.29) is 18.5 Å².